The first-order valence-electron chi connectivity index (χ1n) is 7.47. The normalized spacial score (nSPS) is 18.0. The minimum Gasteiger partial charge on any atom is -0.392 e. The van der Waals surface area contributed by atoms with Crippen LogP contribution in [0.3, 0.4) is 0 Å². The molecular weight excluding hydrogens is 262 g/mol. The molecule has 2 N–H and O–H groups in total. The second kappa shape index (κ2) is 6.85. The van der Waals surface area contributed by atoms with Crippen molar-refractivity contribution in [3.05, 3.63) is 59.7 Å². The monoisotopic (exact) mass is 283 g/mol. The van der Waals surface area contributed by atoms with E-state index in [-0.39, 0.29) is 6.61 Å². The first-order valence-corrected chi connectivity index (χ1v) is 7.47. The fourth-order valence-corrected chi connectivity index (χ4v) is 2.74. The quantitative estimate of drug-likeness (QED) is 0.886. The molecule has 0 aromatic heterocycles. The Morgan fingerprint density at radius 3 is 2.86 bits per heavy atom. The molecule has 0 spiro atoms. The van der Waals surface area contributed by atoms with Gasteiger partial charge in [-0.3, -0.25) is 0 Å². The molecule has 2 aromatic rings. The van der Waals surface area contributed by atoms with Gasteiger partial charge < -0.3 is 15.2 Å². The first-order chi connectivity index (χ1) is 10.4. The minimum atomic E-state index is 0.0697. The van der Waals surface area contributed by atoms with E-state index in [2.05, 4.69) is 23.5 Å². The Balaban J connectivity index is 1.80. The number of benzene rings is 2. The Bertz CT molecular complexity index is 591. The fraction of sp³-hybridized carbons (Fsp3) is 0.333. The van der Waals surface area contributed by atoms with Gasteiger partial charge in [0.15, 0.2) is 0 Å². The molecule has 0 amide bonds. The van der Waals surface area contributed by atoms with Crippen molar-refractivity contribution in [3.63, 3.8) is 0 Å². The molecule has 0 saturated carbocycles. The molecule has 2 aromatic carbocycles. The third-order valence-electron chi connectivity index (χ3n) is 3.93. The second-order valence-electron chi connectivity index (χ2n) is 5.44. The van der Waals surface area contributed by atoms with Gasteiger partial charge >= 0.3 is 0 Å². The number of aliphatic hydroxyl groups excluding tert-OH is 1. The van der Waals surface area contributed by atoms with Crippen LogP contribution in [0, 0.1) is 0 Å². The average Bonchev–Trinajstić information content (AvgIpc) is 3.07. The van der Waals surface area contributed by atoms with E-state index in [9.17, 15) is 5.11 Å². The topological polar surface area (TPSA) is 41.5 Å². The molecule has 1 saturated heterocycles. The van der Waals surface area contributed by atoms with Crippen molar-refractivity contribution in [1.82, 2.24) is 5.32 Å². The van der Waals surface area contributed by atoms with Crippen LogP contribution in [0.2, 0.25) is 0 Å². The van der Waals surface area contributed by atoms with Gasteiger partial charge in [-0.05, 0) is 41.3 Å². The highest BCUT2D eigenvalue weighted by Gasteiger charge is 2.15. The molecule has 3 nitrogen and oxygen atoms in total. The van der Waals surface area contributed by atoms with Crippen molar-refractivity contribution in [1.29, 1.82) is 0 Å². The molecule has 110 valence electrons. The van der Waals surface area contributed by atoms with Crippen LogP contribution >= 0.6 is 0 Å². The average molecular weight is 283 g/mol. The van der Waals surface area contributed by atoms with Gasteiger partial charge in [0.05, 0.1) is 19.3 Å². The summed E-state index contributed by atoms with van der Waals surface area (Å²) in [5.74, 6) is 0. The molecular formula is C18H21NO2. The van der Waals surface area contributed by atoms with Gasteiger partial charge in [-0.1, -0.05) is 42.5 Å². The van der Waals surface area contributed by atoms with Crippen LogP contribution < -0.4 is 5.32 Å². The molecule has 3 rings (SSSR count). The van der Waals surface area contributed by atoms with Crippen LogP contribution in [0.5, 0.6) is 0 Å². The maximum atomic E-state index is 9.29. The lowest BCUT2D eigenvalue weighted by molar-refractivity contribution is 0.0545. The molecule has 1 atom stereocenters. The Kier molecular flexibility index (Phi) is 4.65. The third-order valence-corrected chi connectivity index (χ3v) is 3.93. The van der Waals surface area contributed by atoms with Crippen LogP contribution in [0.1, 0.15) is 17.5 Å². The van der Waals surface area contributed by atoms with E-state index in [1.807, 2.05) is 30.3 Å². The zero-order chi connectivity index (χ0) is 14.5. The van der Waals surface area contributed by atoms with Gasteiger partial charge in [0.25, 0.3) is 0 Å². The van der Waals surface area contributed by atoms with Gasteiger partial charge in [-0.2, -0.15) is 0 Å². The summed E-state index contributed by atoms with van der Waals surface area (Å²) < 4.78 is 6.00. The first kappa shape index (κ1) is 14.3. The fourth-order valence-electron chi connectivity index (χ4n) is 2.74. The van der Waals surface area contributed by atoms with Crippen LogP contribution in [-0.4, -0.2) is 24.3 Å². The van der Waals surface area contributed by atoms with Crippen molar-refractivity contribution in [3.8, 4) is 11.1 Å². The number of hydrogen-bond donors (Lipinski definition) is 2. The maximum Gasteiger partial charge on any atom is 0.0727 e. The highest BCUT2D eigenvalue weighted by molar-refractivity contribution is 5.67. The predicted molar refractivity (Wildman–Crippen MR) is 83.9 cm³/mol. The van der Waals surface area contributed by atoms with E-state index in [1.54, 1.807) is 0 Å². The molecule has 1 fully saturated rings. The largest absolute Gasteiger partial charge is 0.392 e. The molecule has 0 aliphatic carbocycles. The van der Waals surface area contributed by atoms with Gasteiger partial charge in [0, 0.05) is 6.54 Å². The van der Waals surface area contributed by atoms with Crippen LogP contribution in [-0.2, 0) is 18.0 Å². The van der Waals surface area contributed by atoms with Crippen molar-refractivity contribution in [2.45, 2.75) is 25.7 Å². The van der Waals surface area contributed by atoms with Crippen molar-refractivity contribution in [2.24, 2.45) is 0 Å². The number of nitrogens with one attached hydrogen (secondary N) is 1. The Labute approximate surface area is 125 Å². The smallest absolute Gasteiger partial charge is 0.0727 e. The van der Waals surface area contributed by atoms with Gasteiger partial charge in [-0.15, -0.1) is 0 Å². The number of rotatable bonds is 5. The van der Waals surface area contributed by atoms with Crippen LogP contribution in [0.4, 0.5) is 0 Å². The molecule has 21 heavy (non-hydrogen) atoms. The van der Waals surface area contributed by atoms with Crippen molar-refractivity contribution >= 4 is 0 Å². The summed E-state index contributed by atoms with van der Waals surface area (Å²) in [4.78, 5) is 0. The zero-order valence-corrected chi connectivity index (χ0v) is 12.1. The Morgan fingerprint density at radius 1 is 1.14 bits per heavy atom. The molecule has 0 bridgehead atoms. The molecule has 1 aliphatic rings. The number of aliphatic hydroxyl groups is 1. The van der Waals surface area contributed by atoms with E-state index in [0.717, 1.165) is 30.6 Å². The lowest BCUT2D eigenvalue weighted by Gasteiger charge is -2.14. The maximum absolute atomic E-state index is 9.29. The third kappa shape index (κ3) is 3.50. The molecule has 3 heteroatoms. The lowest BCUT2D eigenvalue weighted by Crippen LogP contribution is -2.16. The number of hydrogen-bond acceptors (Lipinski definition) is 3. The lowest BCUT2D eigenvalue weighted by atomic mass is 9.98. The summed E-state index contributed by atoms with van der Waals surface area (Å²) in [6.07, 6.45) is 1.41. The van der Waals surface area contributed by atoms with Crippen LogP contribution in [0.15, 0.2) is 48.5 Å². The molecule has 1 aliphatic heterocycles. The highest BCUT2D eigenvalue weighted by Crippen LogP contribution is 2.25. The van der Waals surface area contributed by atoms with Gasteiger partial charge in [0.2, 0.25) is 0 Å². The molecule has 0 radical (unpaired) electrons. The standard InChI is InChI=1S/C18H21NO2/c20-12-14-4-3-6-15(10-14)18-7-2-1-5-16(18)13-21-17-8-9-19-11-17/h1-7,10,17,19-20H,8-9,11-13H2. The van der Waals surface area contributed by atoms with Crippen molar-refractivity contribution in [2.75, 3.05) is 13.1 Å². The number of ether oxygens (including phenoxy) is 1. The van der Waals surface area contributed by atoms with E-state index >= 15 is 0 Å². The molecule has 1 heterocycles. The van der Waals surface area contributed by atoms with E-state index < -0.39 is 0 Å². The van der Waals surface area contributed by atoms with E-state index in [0.29, 0.717) is 12.7 Å². The SMILES string of the molecule is OCc1cccc(-c2ccccc2COC2CCNC2)c1. The summed E-state index contributed by atoms with van der Waals surface area (Å²) in [7, 11) is 0. The van der Waals surface area contributed by atoms with E-state index in [4.69, 9.17) is 4.74 Å². The van der Waals surface area contributed by atoms with Gasteiger partial charge in [0.1, 0.15) is 0 Å². The summed E-state index contributed by atoms with van der Waals surface area (Å²) in [5.41, 5.74) is 4.44. The van der Waals surface area contributed by atoms with E-state index in [1.165, 1.54) is 11.1 Å². The predicted octanol–water partition coefficient (Wildman–Crippen LogP) is 2.72. The highest BCUT2D eigenvalue weighted by atomic mass is 16.5. The van der Waals surface area contributed by atoms with Crippen molar-refractivity contribution < 1.29 is 9.84 Å². The second-order valence-corrected chi connectivity index (χ2v) is 5.44. The Morgan fingerprint density at radius 2 is 2.05 bits per heavy atom. The van der Waals surface area contributed by atoms with Crippen LogP contribution in [0.25, 0.3) is 11.1 Å². The summed E-state index contributed by atoms with van der Waals surface area (Å²) in [6.45, 7) is 2.69. The summed E-state index contributed by atoms with van der Waals surface area (Å²) >= 11 is 0. The van der Waals surface area contributed by atoms with Gasteiger partial charge in [-0.25, -0.2) is 0 Å². The minimum absolute atomic E-state index is 0.0697. The summed E-state index contributed by atoms with van der Waals surface area (Å²) in [6, 6.07) is 16.4. The Hall–Kier alpha value is -1.68. The molecule has 1 unspecified atom stereocenters. The summed E-state index contributed by atoms with van der Waals surface area (Å²) in [5, 5.41) is 12.6. The zero-order valence-electron chi connectivity index (χ0n) is 12.1.